The first kappa shape index (κ1) is 33.0. The molecular formula is C33H33ClN4O7. The molecule has 45 heavy (non-hydrogen) atoms. The third kappa shape index (κ3) is 8.62. The Hall–Kier alpha value is -4.87. The molecule has 234 valence electrons. The van der Waals surface area contributed by atoms with E-state index in [2.05, 4.69) is 4.90 Å². The van der Waals surface area contributed by atoms with Crippen molar-refractivity contribution in [2.45, 2.75) is 19.3 Å². The minimum Gasteiger partial charge on any atom is -0.492 e. The number of ether oxygens (including phenoxy) is 1. The lowest BCUT2D eigenvalue weighted by molar-refractivity contribution is -0.385. The van der Waals surface area contributed by atoms with E-state index in [0.717, 1.165) is 19.6 Å². The van der Waals surface area contributed by atoms with Crippen LogP contribution in [-0.2, 0) is 4.79 Å². The quantitative estimate of drug-likeness (QED) is 0.160. The Morgan fingerprint density at radius 3 is 1.71 bits per heavy atom. The van der Waals surface area contributed by atoms with Gasteiger partial charge in [-0.15, -0.1) is 12.4 Å². The number of nitrogens with zero attached hydrogens (tertiary/aromatic N) is 4. The molecule has 2 heterocycles. The van der Waals surface area contributed by atoms with Gasteiger partial charge in [0.15, 0.2) is 5.78 Å². The maximum absolute atomic E-state index is 13.6. The third-order valence-corrected chi connectivity index (χ3v) is 7.71. The number of rotatable bonds is 9. The molecule has 2 aliphatic heterocycles. The van der Waals surface area contributed by atoms with E-state index < -0.39 is 9.85 Å². The van der Waals surface area contributed by atoms with E-state index in [9.17, 15) is 29.8 Å². The number of carbonyl (C=O) groups is 2. The van der Waals surface area contributed by atoms with Crippen molar-refractivity contribution < 1.29 is 24.2 Å². The van der Waals surface area contributed by atoms with E-state index in [1.165, 1.54) is 43.5 Å². The third-order valence-electron chi connectivity index (χ3n) is 7.71. The lowest BCUT2D eigenvalue weighted by Gasteiger charge is -2.30. The number of Topliss-reactive ketones (excluding diaryl/α,β-unsaturated/α-hetero) is 1. The lowest BCUT2D eigenvalue weighted by atomic mass is 9.93. The summed E-state index contributed by atoms with van der Waals surface area (Å²) in [5.74, 6) is 0.120. The molecule has 0 radical (unpaired) electrons. The maximum Gasteiger partial charge on any atom is 0.269 e. The summed E-state index contributed by atoms with van der Waals surface area (Å²) in [6, 6.07) is 18.5. The van der Waals surface area contributed by atoms with Gasteiger partial charge in [0.2, 0.25) is 0 Å². The Morgan fingerprint density at radius 1 is 0.756 bits per heavy atom. The molecule has 0 aliphatic carbocycles. The van der Waals surface area contributed by atoms with E-state index in [4.69, 9.17) is 4.74 Å². The van der Waals surface area contributed by atoms with E-state index in [-0.39, 0.29) is 48.6 Å². The predicted molar refractivity (Wildman–Crippen MR) is 173 cm³/mol. The van der Waals surface area contributed by atoms with Crippen LogP contribution in [0.5, 0.6) is 5.75 Å². The Labute approximate surface area is 266 Å². The highest BCUT2D eigenvalue weighted by atomic mass is 35.5. The number of hydrogen-bond donors (Lipinski definition) is 0. The molecule has 0 spiro atoms. The zero-order valence-corrected chi connectivity index (χ0v) is 25.3. The molecule has 11 nitrogen and oxygen atoms in total. The summed E-state index contributed by atoms with van der Waals surface area (Å²) in [6.45, 7) is 3.69. The Bertz CT molecular complexity index is 1520. The van der Waals surface area contributed by atoms with Crippen molar-refractivity contribution in [1.29, 1.82) is 0 Å². The predicted octanol–water partition coefficient (Wildman–Crippen LogP) is 5.98. The highest BCUT2D eigenvalue weighted by Gasteiger charge is 2.30. The van der Waals surface area contributed by atoms with Gasteiger partial charge in [-0.3, -0.25) is 34.7 Å². The van der Waals surface area contributed by atoms with Crippen molar-refractivity contribution in [1.82, 2.24) is 9.80 Å². The molecule has 1 amide bonds. The molecule has 3 aromatic carbocycles. The summed E-state index contributed by atoms with van der Waals surface area (Å²) in [5.41, 5.74) is 2.12. The van der Waals surface area contributed by atoms with Crippen molar-refractivity contribution in [3.8, 4) is 5.75 Å². The van der Waals surface area contributed by atoms with Gasteiger partial charge in [-0.25, -0.2) is 0 Å². The van der Waals surface area contributed by atoms with Crippen LogP contribution in [-0.4, -0.2) is 70.7 Å². The smallest absolute Gasteiger partial charge is 0.269 e. The molecule has 0 unspecified atom stereocenters. The van der Waals surface area contributed by atoms with Gasteiger partial charge in [0, 0.05) is 47.5 Å². The molecule has 0 atom stereocenters. The van der Waals surface area contributed by atoms with Crippen LogP contribution in [0.3, 0.4) is 0 Å². The number of piperidine rings is 2. The highest BCUT2D eigenvalue weighted by Crippen LogP contribution is 2.26. The fourth-order valence-corrected chi connectivity index (χ4v) is 5.32. The number of halogens is 1. The second-order valence-electron chi connectivity index (χ2n) is 10.8. The largest absolute Gasteiger partial charge is 0.492 e. The van der Waals surface area contributed by atoms with Crippen LogP contribution in [0, 0.1) is 20.2 Å². The Morgan fingerprint density at radius 2 is 1.24 bits per heavy atom. The Balaban J connectivity index is 0.00000461. The van der Waals surface area contributed by atoms with Crippen molar-refractivity contribution in [3.05, 3.63) is 121 Å². The van der Waals surface area contributed by atoms with E-state index in [1.54, 1.807) is 65.6 Å². The van der Waals surface area contributed by atoms with Crippen LogP contribution in [0.2, 0.25) is 0 Å². The number of amides is 1. The first-order chi connectivity index (χ1) is 21.3. The normalized spacial score (nSPS) is 17.2. The van der Waals surface area contributed by atoms with Gasteiger partial charge < -0.3 is 9.64 Å². The van der Waals surface area contributed by atoms with Crippen molar-refractivity contribution in [2.75, 3.05) is 39.3 Å². The summed E-state index contributed by atoms with van der Waals surface area (Å²) in [7, 11) is 0. The standard InChI is InChI=1S/C33H32N4O7.ClH/c38-32-27(20-24-4-10-29(11-5-24)36(40)41)22-35(23-28(32)21-25-6-12-30(13-7-25)37(42)43)33(39)26-8-14-31(15-9-26)44-19-18-34-16-2-1-3-17-34;/h4-15,20-21H,1-3,16-19,22-23H2;1H. The molecule has 0 aromatic heterocycles. The second kappa shape index (κ2) is 15.2. The van der Waals surface area contributed by atoms with Gasteiger partial charge in [0.25, 0.3) is 17.3 Å². The molecule has 5 rings (SSSR count). The molecule has 3 aromatic rings. The summed E-state index contributed by atoms with van der Waals surface area (Å²) >= 11 is 0. The summed E-state index contributed by atoms with van der Waals surface area (Å²) in [6.07, 6.45) is 6.95. The number of hydrogen-bond acceptors (Lipinski definition) is 8. The average molecular weight is 633 g/mol. The monoisotopic (exact) mass is 632 g/mol. The van der Waals surface area contributed by atoms with Gasteiger partial charge in [-0.2, -0.15) is 0 Å². The first-order valence-corrected chi connectivity index (χ1v) is 14.5. The van der Waals surface area contributed by atoms with Crippen molar-refractivity contribution in [2.24, 2.45) is 0 Å². The van der Waals surface area contributed by atoms with Crippen molar-refractivity contribution in [3.63, 3.8) is 0 Å². The topological polar surface area (TPSA) is 136 Å². The molecular weight excluding hydrogens is 600 g/mol. The summed E-state index contributed by atoms with van der Waals surface area (Å²) < 4.78 is 5.90. The van der Waals surface area contributed by atoms with Gasteiger partial charge in [-0.05, 0) is 97.7 Å². The number of ketones is 1. The minimum absolute atomic E-state index is 0. The Kier molecular flexibility index (Phi) is 11.2. The molecule has 2 aliphatic rings. The average Bonchev–Trinajstić information content (AvgIpc) is 3.04. The second-order valence-corrected chi connectivity index (χ2v) is 10.8. The zero-order chi connectivity index (χ0) is 31.1. The van der Waals surface area contributed by atoms with Crippen LogP contribution in [0.25, 0.3) is 12.2 Å². The number of carbonyl (C=O) groups excluding carboxylic acids is 2. The molecule has 2 saturated heterocycles. The van der Waals surface area contributed by atoms with E-state index in [1.807, 2.05) is 0 Å². The van der Waals surface area contributed by atoms with Gasteiger partial charge >= 0.3 is 0 Å². The molecule has 12 heteroatoms. The van der Waals surface area contributed by atoms with Gasteiger partial charge in [0.05, 0.1) is 22.9 Å². The summed E-state index contributed by atoms with van der Waals surface area (Å²) in [5, 5.41) is 22.1. The number of nitro groups is 2. The summed E-state index contributed by atoms with van der Waals surface area (Å²) in [4.78, 5) is 52.2. The van der Waals surface area contributed by atoms with Crippen LogP contribution in [0.4, 0.5) is 11.4 Å². The van der Waals surface area contributed by atoms with Crippen LogP contribution < -0.4 is 4.74 Å². The van der Waals surface area contributed by atoms with Crippen LogP contribution in [0.15, 0.2) is 83.9 Å². The number of likely N-dealkylation sites (tertiary alicyclic amines) is 2. The first-order valence-electron chi connectivity index (χ1n) is 14.5. The van der Waals surface area contributed by atoms with Crippen LogP contribution in [0.1, 0.15) is 40.7 Å². The zero-order valence-electron chi connectivity index (χ0n) is 24.5. The number of nitro benzene ring substituents is 2. The number of non-ortho nitro benzene ring substituents is 2. The molecule has 2 fully saturated rings. The van der Waals surface area contributed by atoms with Gasteiger partial charge in [-0.1, -0.05) is 6.42 Å². The molecule has 0 saturated carbocycles. The number of benzene rings is 3. The lowest BCUT2D eigenvalue weighted by Crippen LogP contribution is -2.41. The maximum atomic E-state index is 13.6. The minimum atomic E-state index is -0.501. The molecule has 0 N–H and O–H groups in total. The van der Waals surface area contributed by atoms with E-state index in [0.29, 0.717) is 40.2 Å². The van der Waals surface area contributed by atoms with Gasteiger partial charge in [0.1, 0.15) is 12.4 Å². The molecule has 0 bridgehead atoms. The van der Waals surface area contributed by atoms with Crippen LogP contribution >= 0.6 is 12.4 Å². The van der Waals surface area contributed by atoms with Crippen molar-refractivity contribution >= 4 is 47.6 Å². The highest BCUT2D eigenvalue weighted by molar-refractivity contribution is 6.16. The van der Waals surface area contributed by atoms with E-state index >= 15 is 0 Å². The fourth-order valence-electron chi connectivity index (χ4n) is 5.32. The fraction of sp³-hybridized carbons (Fsp3) is 0.273. The SMILES string of the molecule is Cl.O=C1C(=Cc2ccc([N+](=O)[O-])cc2)CN(C(=O)c2ccc(OCCN3CCCCC3)cc2)CC1=Cc1ccc([N+](=O)[O-])cc1.